The second-order valence-electron chi connectivity index (χ2n) is 4.52. The zero-order valence-electron chi connectivity index (χ0n) is 11.0. The highest BCUT2D eigenvalue weighted by molar-refractivity contribution is 5.66. The van der Waals surface area contributed by atoms with Gasteiger partial charge in [0.25, 0.3) is 0 Å². The minimum absolute atomic E-state index is 0.217. The summed E-state index contributed by atoms with van der Waals surface area (Å²) < 4.78 is 0. The van der Waals surface area contributed by atoms with E-state index >= 15 is 0 Å². The lowest BCUT2D eigenvalue weighted by atomic mass is 10.1. The van der Waals surface area contributed by atoms with Crippen LogP contribution in [0.2, 0.25) is 0 Å². The van der Waals surface area contributed by atoms with Crippen LogP contribution in [0.5, 0.6) is 0 Å². The number of aliphatic carboxylic acids is 1. The maximum absolute atomic E-state index is 10.3. The van der Waals surface area contributed by atoms with Crippen LogP contribution in [-0.4, -0.2) is 29.0 Å². The van der Waals surface area contributed by atoms with Crippen molar-refractivity contribution in [2.24, 2.45) is 0 Å². The van der Waals surface area contributed by atoms with Crippen LogP contribution in [0.1, 0.15) is 64.7 Å². The third kappa shape index (κ3) is 13.3. The Balaban J connectivity index is 3.17. The van der Waals surface area contributed by atoms with Gasteiger partial charge >= 0.3 is 5.97 Å². The molecule has 1 unspecified atom stereocenters. The number of nitrogens with one attached hydrogen (secondary N) is 1. The molecule has 0 saturated carbocycles. The lowest BCUT2D eigenvalue weighted by molar-refractivity contribution is -0.137. The van der Waals surface area contributed by atoms with Crippen LogP contribution in [0.15, 0.2) is 0 Å². The van der Waals surface area contributed by atoms with E-state index in [2.05, 4.69) is 12.2 Å². The van der Waals surface area contributed by atoms with Crippen LogP contribution in [0, 0.1) is 0 Å². The Hall–Kier alpha value is -0.610. The van der Waals surface area contributed by atoms with Gasteiger partial charge in [0.15, 0.2) is 0 Å². The normalized spacial score (nSPS) is 12.6. The molecule has 0 aromatic carbocycles. The summed E-state index contributed by atoms with van der Waals surface area (Å²) in [6.07, 6.45) is 8.07. The molecule has 102 valence electrons. The van der Waals surface area contributed by atoms with Gasteiger partial charge in [-0.3, -0.25) is 10.1 Å². The second kappa shape index (κ2) is 11.9. The fourth-order valence-electron chi connectivity index (χ4n) is 1.71. The smallest absolute Gasteiger partial charge is 0.303 e. The Kier molecular flexibility index (Phi) is 11.4. The molecule has 4 heteroatoms. The van der Waals surface area contributed by atoms with E-state index in [1.165, 1.54) is 25.7 Å². The fraction of sp³-hybridized carbons (Fsp3) is 0.923. The molecule has 17 heavy (non-hydrogen) atoms. The van der Waals surface area contributed by atoms with Gasteiger partial charge in [-0.25, -0.2) is 0 Å². The number of hydrogen-bond acceptors (Lipinski definition) is 3. The summed E-state index contributed by atoms with van der Waals surface area (Å²) in [6.45, 7) is 2.89. The van der Waals surface area contributed by atoms with Gasteiger partial charge < -0.3 is 10.2 Å². The first kappa shape index (κ1) is 16.4. The zero-order chi connectivity index (χ0) is 12.9. The molecular formula is C13H27NO3. The molecule has 0 radical (unpaired) electrons. The molecule has 0 aliphatic rings. The van der Waals surface area contributed by atoms with Crippen molar-refractivity contribution in [1.82, 2.24) is 5.32 Å². The Bertz CT molecular complexity index is 186. The van der Waals surface area contributed by atoms with Gasteiger partial charge in [0.05, 0.1) is 0 Å². The largest absolute Gasteiger partial charge is 0.481 e. The minimum Gasteiger partial charge on any atom is -0.481 e. The monoisotopic (exact) mass is 245 g/mol. The number of carboxylic acids is 1. The van der Waals surface area contributed by atoms with Crippen LogP contribution in [0.4, 0.5) is 0 Å². The lowest BCUT2D eigenvalue weighted by Gasteiger charge is -2.12. The molecule has 1 atom stereocenters. The van der Waals surface area contributed by atoms with Gasteiger partial charge in [0, 0.05) is 6.42 Å². The third-order valence-electron chi connectivity index (χ3n) is 2.78. The average molecular weight is 245 g/mol. The van der Waals surface area contributed by atoms with E-state index in [0.29, 0.717) is 13.0 Å². The Morgan fingerprint density at radius 3 is 2.47 bits per heavy atom. The van der Waals surface area contributed by atoms with Crippen molar-refractivity contribution in [3.63, 3.8) is 0 Å². The highest BCUT2D eigenvalue weighted by Gasteiger charge is 2.02. The van der Waals surface area contributed by atoms with E-state index in [-0.39, 0.29) is 6.42 Å². The molecule has 0 heterocycles. The Labute approximate surface area is 104 Å². The molecule has 0 fully saturated rings. The number of carboxylic acid groups (broad SMARTS) is 1. The summed E-state index contributed by atoms with van der Waals surface area (Å²) in [5, 5.41) is 21.0. The summed E-state index contributed by atoms with van der Waals surface area (Å²) in [5.74, 6) is -0.749. The molecule has 3 N–H and O–H groups in total. The van der Waals surface area contributed by atoms with Crippen molar-refractivity contribution >= 4 is 5.97 Å². The maximum atomic E-state index is 10.3. The summed E-state index contributed by atoms with van der Waals surface area (Å²) in [6, 6.07) is 0. The van der Waals surface area contributed by atoms with E-state index in [1.807, 2.05) is 0 Å². The summed E-state index contributed by atoms with van der Waals surface area (Å²) in [5.41, 5.74) is 0. The fourth-order valence-corrected chi connectivity index (χ4v) is 1.71. The Morgan fingerprint density at radius 1 is 1.12 bits per heavy atom. The quantitative estimate of drug-likeness (QED) is 0.365. The van der Waals surface area contributed by atoms with Gasteiger partial charge in [0.2, 0.25) is 0 Å². The number of hydrogen-bond donors (Lipinski definition) is 3. The predicted molar refractivity (Wildman–Crippen MR) is 68.9 cm³/mol. The Morgan fingerprint density at radius 2 is 1.82 bits per heavy atom. The highest BCUT2D eigenvalue weighted by atomic mass is 16.4. The number of aliphatic hydroxyl groups is 1. The molecular weight excluding hydrogens is 218 g/mol. The van der Waals surface area contributed by atoms with Crippen LogP contribution in [0.25, 0.3) is 0 Å². The van der Waals surface area contributed by atoms with Crippen LogP contribution >= 0.6 is 0 Å². The van der Waals surface area contributed by atoms with Crippen molar-refractivity contribution in [3.8, 4) is 0 Å². The van der Waals surface area contributed by atoms with Crippen molar-refractivity contribution in [2.75, 3.05) is 6.54 Å². The predicted octanol–water partition coefficient (Wildman–Crippen LogP) is 2.51. The number of carbonyl (C=O) groups is 1. The molecule has 4 nitrogen and oxygen atoms in total. The summed E-state index contributed by atoms with van der Waals surface area (Å²) in [7, 11) is 0. The maximum Gasteiger partial charge on any atom is 0.303 e. The first-order valence-electron chi connectivity index (χ1n) is 6.80. The first-order chi connectivity index (χ1) is 8.16. The SMILES string of the molecule is CCCCCCCC(O)NCCCCC(=O)O. The molecule has 0 aromatic heterocycles. The van der Waals surface area contributed by atoms with Crippen molar-refractivity contribution in [3.05, 3.63) is 0 Å². The second-order valence-corrected chi connectivity index (χ2v) is 4.52. The van der Waals surface area contributed by atoms with Gasteiger partial charge in [0.1, 0.15) is 6.23 Å². The number of aliphatic hydroxyl groups excluding tert-OH is 1. The van der Waals surface area contributed by atoms with Gasteiger partial charge in [-0.1, -0.05) is 32.6 Å². The van der Waals surface area contributed by atoms with E-state index in [1.54, 1.807) is 0 Å². The number of rotatable bonds is 12. The molecule has 0 aliphatic heterocycles. The van der Waals surface area contributed by atoms with Gasteiger partial charge in [-0.05, 0) is 32.2 Å². The van der Waals surface area contributed by atoms with E-state index in [0.717, 1.165) is 19.3 Å². The van der Waals surface area contributed by atoms with Crippen LogP contribution < -0.4 is 5.32 Å². The standard InChI is InChI=1S/C13H27NO3/c1-2-3-4-5-6-9-12(15)14-11-8-7-10-13(16)17/h12,14-15H,2-11H2,1H3,(H,16,17). The van der Waals surface area contributed by atoms with Crippen molar-refractivity contribution < 1.29 is 15.0 Å². The van der Waals surface area contributed by atoms with E-state index in [4.69, 9.17) is 5.11 Å². The van der Waals surface area contributed by atoms with E-state index < -0.39 is 12.2 Å². The zero-order valence-corrected chi connectivity index (χ0v) is 11.0. The van der Waals surface area contributed by atoms with Crippen LogP contribution in [-0.2, 0) is 4.79 Å². The van der Waals surface area contributed by atoms with E-state index in [9.17, 15) is 9.90 Å². The van der Waals surface area contributed by atoms with Crippen molar-refractivity contribution in [1.29, 1.82) is 0 Å². The van der Waals surface area contributed by atoms with Crippen LogP contribution in [0.3, 0.4) is 0 Å². The van der Waals surface area contributed by atoms with Gasteiger partial charge in [-0.2, -0.15) is 0 Å². The molecule has 0 spiro atoms. The third-order valence-corrected chi connectivity index (χ3v) is 2.78. The van der Waals surface area contributed by atoms with Gasteiger partial charge in [-0.15, -0.1) is 0 Å². The first-order valence-corrected chi connectivity index (χ1v) is 6.80. The molecule has 0 aromatic rings. The average Bonchev–Trinajstić information content (AvgIpc) is 2.28. The number of unbranched alkanes of at least 4 members (excludes halogenated alkanes) is 5. The molecule has 0 bridgehead atoms. The molecule has 0 aliphatic carbocycles. The highest BCUT2D eigenvalue weighted by Crippen LogP contribution is 2.06. The summed E-state index contributed by atoms with van der Waals surface area (Å²) in [4.78, 5) is 10.3. The summed E-state index contributed by atoms with van der Waals surface area (Å²) >= 11 is 0. The lowest BCUT2D eigenvalue weighted by Crippen LogP contribution is -2.29. The topological polar surface area (TPSA) is 69.6 Å². The molecule has 0 rings (SSSR count). The molecule has 0 saturated heterocycles. The van der Waals surface area contributed by atoms with Crippen molar-refractivity contribution in [2.45, 2.75) is 70.9 Å². The molecule has 0 amide bonds. The minimum atomic E-state index is -0.749.